The number of benzene rings is 2. The van der Waals surface area contributed by atoms with Gasteiger partial charge in [0.15, 0.2) is 0 Å². The lowest BCUT2D eigenvalue weighted by atomic mass is 10.1. The molecule has 0 aliphatic heterocycles. The van der Waals surface area contributed by atoms with E-state index in [0.717, 1.165) is 5.56 Å². The molecule has 5 heteroatoms. The third kappa shape index (κ3) is 2.90. The second-order valence-corrected chi connectivity index (χ2v) is 4.74. The molecular weight excluding hydrogens is 274 g/mol. The van der Waals surface area contributed by atoms with Crippen molar-refractivity contribution in [2.24, 2.45) is 0 Å². The largest absolute Gasteiger partial charge is 0.397 e. The van der Waals surface area contributed by atoms with Crippen molar-refractivity contribution in [1.29, 1.82) is 5.26 Å². The molecule has 100 valence electrons. The first-order valence-corrected chi connectivity index (χ1v) is 6.26. The van der Waals surface area contributed by atoms with Crippen molar-refractivity contribution in [2.75, 3.05) is 11.1 Å². The number of nitrogens with one attached hydrogen (secondary N) is 1. The SMILES string of the molecule is Cc1ccc(C(=O)Nc2ccc(C#N)cc2N)cc1Cl. The summed E-state index contributed by atoms with van der Waals surface area (Å²) < 4.78 is 0. The summed E-state index contributed by atoms with van der Waals surface area (Å²) in [6, 6.07) is 11.8. The Hall–Kier alpha value is -2.51. The number of halogens is 1. The second-order valence-electron chi connectivity index (χ2n) is 4.33. The van der Waals surface area contributed by atoms with E-state index in [9.17, 15) is 4.79 Å². The highest BCUT2D eigenvalue weighted by molar-refractivity contribution is 6.31. The predicted octanol–water partition coefficient (Wildman–Crippen LogP) is 3.35. The van der Waals surface area contributed by atoms with E-state index in [4.69, 9.17) is 22.6 Å². The summed E-state index contributed by atoms with van der Waals surface area (Å²) in [6.45, 7) is 1.86. The van der Waals surface area contributed by atoms with Crippen molar-refractivity contribution in [1.82, 2.24) is 0 Å². The van der Waals surface area contributed by atoms with Crippen molar-refractivity contribution in [2.45, 2.75) is 6.92 Å². The van der Waals surface area contributed by atoms with Crippen LogP contribution in [0, 0.1) is 18.3 Å². The summed E-state index contributed by atoms with van der Waals surface area (Å²) >= 11 is 5.99. The van der Waals surface area contributed by atoms with Crippen molar-refractivity contribution in [3.63, 3.8) is 0 Å². The van der Waals surface area contributed by atoms with Gasteiger partial charge in [0.05, 0.1) is 23.0 Å². The molecule has 3 N–H and O–H groups in total. The van der Waals surface area contributed by atoms with E-state index in [0.29, 0.717) is 27.5 Å². The number of hydrogen-bond donors (Lipinski definition) is 2. The standard InChI is InChI=1S/C15H12ClN3O/c1-9-2-4-11(7-12(9)16)15(20)19-14-5-3-10(8-17)6-13(14)18/h2-7H,18H2,1H3,(H,19,20). The van der Waals surface area contributed by atoms with Crippen LogP contribution < -0.4 is 11.1 Å². The molecule has 0 aliphatic rings. The number of amides is 1. The number of anilines is 2. The van der Waals surface area contributed by atoms with Gasteiger partial charge in [0.2, 0.25) is 0 Å². The molecule has 1 amide bonds. The van der Waals surface area contributed by atoms with Gasteiger partial charge >= 0.3 is 0 Å². The molecule has 0 atom stereocenters. The highest BCUT2D eigenvalue weighted by Crippen LogP contribution is 2.22. The van der Waals surface area contributed by atoms with Crippen molar-refractivity contribution < 1.29 is 4.79 Å². The molecule has 2 aromatic carbocycles. The van der Waals surface area contributed by atoms with Crippen LogP contribution in [0.5, 0.6) is 0 Å². The molecule has 0 radical (unpaired) electrons. The zero-order valence-corrected chi connectivity index (χ0v) is 11.5. The molecule has 0 aliphatic carbocycles. The van der Waals surface area contributed by atoms with Gasteiger partial charge in [-0.2, -0.15) is 5.26 Å². The van der Waals surface area contributed by atoms with Crippen LogP contribution in [0.1, 0.15) is 21.5 Å². The number of nitrogens with two attached hydrogens (primary N) is 1. The number of nitriles is 1. The Bertz CT molecular complexity index is 720. The lowest BCUT2D eigenvalue weighted by molar-refractivity contribution is 0.102. The summed E-state index contributed by atoms with van der Waals surface area (Å²) in [5.74, 6) is -0.302. The highest BCUT2D eigenvalue weighted by Gasteiger charge is 2.09. The van der Waals surface area contributed by atoms with Gasteiger partial charge < -0.3 is 11.1 Å². The molecule has 0 unspecified atom stereocenters. The Balaban J connectivity index is 2.23. The van der Waals surface area contributed by atoms with E-state index in [2.05, 4.69) is 5.32 Å². The van der Waals surface area contributed by atoms with Crippen LogP contribution >= 0.6 is 11.6 Å². The fourth-order valence-electron chi connectivity index (χ4n) is 1.67. The third-order valence-electron chi connectivity index (χ3n) is 2.86. The Morgan fingerprint density at radius 3 is 2.65 bits per heavy atom. The minimum absolute atomic E-state index is 0.302. The molecule has 0 fully saturated rings. The van der Waals surface area contributed by atoms with Gasteiger partial charge in [0, 0.05) is 10.6 Å². The average molecular weight is 286 g/mol. The van der Waals surface area contributed by atoms with Gasteiger partial charge in [-0.25, -0.2) is 0 Å². The quantitative estimate of drug-likeness (QED) is 0.831. The number of rotatable bonds is 2. The van der Waals surface area contributed by atoms with E-state index < -0.39 is 0 Å². The molecule has 2 rings (SSSR count). The van der Waals surface area contributed by atoms with Crippen LogP contribution in [0.2, 0.25) is 5.02 Å². The molecule has 0 bridgehead atoms. The maximum Gasteiger partial charge on any atom is 0.255 e. The molecule has 0 saturated carbocycles. The van der Waals surface area contributed by atoms with Crippen LogP contribution in [0.3, 0.4) is 0 Å². The maximum absolute atomic E-state index is 12.1. The van der Waals surface area contributed by atoms with Gasteiger partial charge in [0.1, 0.15) is 0 Å². The molecule has 0 aromatic heterocycles. The van der Waals surface area contributed by atoms with Gasteiger partial charge in [-0.05, 0) is 42.8 Å². The number of nitrogen functional groups attached to an aromatic ring is 1. The Morgan fingerprint density at radius 2 is 2.05 bits per heavy atom. The molecule has 2 aromatic rings. The zero-order valence-electron chi connectivity index (χ0n) is 10.8. The lowest BCUT2D eigenvalue weighted by Gasteiger charge is -2.09. The highest BCUT2D eigenvalue weighted by atomic mass is 35.5. The fourth-order valence-corrected chi connectivity index (χ4v) is 1.86. The Kier molecular flexibility index (Phi) is 3.92. The van der Waals surface area contributed by atoms with Crippen LogP contribution in [0.25, 0.3) is 0 Å². The first kappa shape index (κ1) is 13.9. The maximum atomic E-state index is 12.1. The Morgan fingerprint density at radius 1 is 1.30 bits per heavy atom. The number of carbonyl (C=O) groups is 1. The van der Waals surface area contributed by atoms with E-state index in [1.807, 2.05) is 13.0 Å². The lowest BCUT2D eigenvalue weighted by Crippen LogP contribution is -2.13. The second kappa shape index (κ2) is 5.64. The first-order chi connectivity index (χ1) is 9.51. The van der Waals surface area contributed by atoms with Crippen molar-refractivity contribution >= 4 is 28.9 Å². The topological polar surface area (TPSA) is 78.9 Å². The van der Waals surface area contributed by atoms with Crippen LogP contribution in [0.15, 0.2) is 36.4 Å². The van der Waals surface area contributed by atoms with Crippen LogP contribution in [-0.4, -0.2) is 5.91 Å². The summed E-state index contributed by atoms with van der Waals surface area (Å²) in [7, 11) is 0. The van der Waals surface area contributed by atoms with Crippen LogP contribution in [-0.2, 0) is 0 Å². The average Bonchev–Trinajstić information content (AvgIpc) is 2.43. The van der Waals surface area contributed by atoms with E-state index >= 15 is 0 Å². The zero-order chi connectivity index (χ0) is 14.7. The first-order valence-electron chi connectivity index (χ1n) is 5.88. The van der Waals surface area contributed by atoms with E-state index in [1.165, 1.54) is 6.07 Å². The predicted molar refractivity (Wildman–Crippen MR) is 79.7 cm³/mol. The summed E-state index contributed by atoms with van der Waals surface area (Å²) in [5.41, 5.74) is 8.39. The van der Waals surface area contributed by atoms with E-state index in [-0.39, 0.29) is 5.91 Å². The van der Waals surface area contributed by atoms with Gasteiger partial charge in [-0.15, -0.1) is 0 Å². The normalized spacial score (nSPS) is 9.85. The van der Waals surface area contributed by atoms with Crippen molar-refractivity contribution in [3.05, 3.63) is 58.1 Å². The third-order valence-corrected chi connectivity index (χ3v) is 3.27. The molecule has 0 spiro atoms. The minimum Gasteiger partial charge on any atom is -0.397 e. The number of carbonyl (C=O) groups excluding carboxylic acids is 1. The Labute approximate surface area is 121 Å². The number of hydrogen-bond acceptors (Lipinski definition) is 3. The smallest absolute Gasteiger partial charge is 0.255 e. The number of nitrogens with zero attached hydrogens (tertiary/aromatic N) is 1. The summed E-state index contributed by atoms with van der Waals surface area (Å²) in [5, 5.41) is 12.0. The van der Waals surface area contributed by atoms with E-state index in [1.54, 1.807) is 30.3 Å². The molecule has 20 heavy (non-hydrogen) atoms. The molecule has 0 saturated heterocycles. The molecule has 0 heterocycles. The number of aryl methyl sites for hydroxylation is 1. The van der Waals surface area contributed by atoms with Gasteiger partial charge in [-0.3, -0.25) is 4.79 Å². The van der Waals surface area contributed by atoms with Crippen molar-refractivity contribution in [3.8, 4) is 6.07 Å². The summed E-state index contributed by atoms with van der Waals surface area (Å²) in [6.07, 6.45) is 0. The van der Waals surface area contributed by atoms with Crippen LogP contribution in [0.4, 0.5) is 11.4 Å². The minimum atomic E-state index is -0.302. The molecular formula is C15H12ClN3O. The monoisotopic (exact) mass is 285 g/mol. The van der Waals surface area contributed by atoms with Gasteiger partial charge in [-0.1, -0.05) is 17.7 Å². The molecule has 4 nitrogen and oxygen atoms in total. The summed E-state index contributed by atoms with van der Waals surface area (Å²) in [4.78, 5) is 12.1. The van der Waals surface area contributed by atoms with Gasteiger partial charge in [0.25, 0.3) is 5.91 Å². The fraction of sp³-hybridized carbons (Fsp3) is 0.0667.